The maximum absolute atomic E-state index is 15.3. The maximum atomic E-state index is 15.3. The number of ether oxygens (including phenoxy) is 1. The number of benzene rings is 1. The molecule has 0 bridgehead atoms. The number of aliphatic imine (C=N–C) groups is 1. The first-order valence-corrected chi connectivity index (χ1v) is 10.3. The van der Waals surface area contributed by atoms with E-state index in [0.29, 0.717) is 35.0 Å². The number of nitrogens with two attached hydrogens (primary N) is 1. The van der Waals surface area contributed by atoms with Gasteiger partial charge in [0.25, 0.3) is 0 Å². The number of nitrogens with zero attached hydrogens (tertiary/aromatic N) is 2. The lowest BCUT2D eigenvalue weighted by molar-refractivity contribution is -0.117. The lowest BCUT2D eigenvalue weighted by Crippen LogP contribution is -2.42. The molecule has 1 amide bonds. The molecule has 0 radical (unpaired) electrons. The summed E-state index contributed by atoms with van der Waals surface area (Å²) in [5.41, 5.74) is 8.31. The van der Waals surface area contributed by atoms with Crippen molar-refractivity contribution in [1.82, 2.24) is 0 Å². The van der Waals surface area contributed by atoms with Crippen molar-refractivity contribution in [3.05, 3.63) is 29.2 Å². The van der Waals surface area contributed by atoms with Gasteiger partial charge in [-0.3, -0.25) is 9.79 Å². The number of carbonyl (C=O) groups is 1. The van der Waals surface area contributed by atoms with E-state index in [-0.39, 0.29) is 18.1 Å². The fourth-order valence-corrected chi connectivity index (χ4v) is 3.95. The SMILES string of the molecule is CC(=O)N1c2c(F)cc(C(C=NC3CC3)=CN)c(OC3CCC3)c2CCC1C. The van der Waals surface area contributed by atoms with Crippen LogP contribution in [-0.2, 0) is 11.2 Å². The van der Waals surface area contributed by atoms with Crippen LogP contribution in [-0.4, -0.2) is 30.3 Å². The van der Waals surface area contributed by atoms with Gasteiger partial charge in [-0.1, -0.05) is 0 Å². The van der Waals surface area contributed by atoms with Crippen molar-refractivity contribution < 1.29 is 13.9 Å². The molecule has 1 heterocycles. The highest BCUT2D eigenvalue weighted by atomic mass is 19.1. The molecule has 2 saturated carbocycles. The largest absolute Gasteiger partial charge is 0.489 e. The Morgan fingerprint density at radius 1 is 1.32 bits per heavy atom. The summed E-state index contributed by atoms with van der Waals surface area (Å²) in [7, 11) is 0. The van der Waals surface area contributed by atoms with Gasteiger partial charge in [0.05, 0.1) is 17.8 Å². The molecular formula is C22H28FN3O2. The zero-order valence-electron chi connectivity index (χ0n) is 16.6. The van der Waals surface area contributed by atoms with Gasteiger partial charge in [-0.25, -0.2) is 4.39 Å². The Labute approximate surface area is 165 Å². The van der Waals surface area contributed by atoms with Crippen LogP contribution < -0.4 is 15.4 Å². The maximum Gasteiger partial charge on any atom is 0.224 e. The van der Waals surface area contributed by atoms with Crippen LogP contribution in [0.25, 0.3) is 5.57 Å². The molecule has 4 rings (SSSR count). The number of allylic oxidation sites excluding steroid dienone is 1. The predicted molar refractivity (Wildman–Crippen MR) is 109 cm³/mol. The van der Waals surface area contributed by atoms with Crippen molar-refractivity contribution in [2.45, 2.75) is 77.0 Å². The second-order valence-corrected chi connectivity index (χ2v) is 8.14. The van der Waals surface area contributed by atoms with E-state index in [4.69, 9.17) is 10.5 Å². The lowest BCUT2D eigenvalue weighted by atomic mass is 9.90. The highest BCUT2D eigenvalue weighted by molar-refractivity contribution is 6.11. The van der Waals surface area contributed by atoms with Gasteiger partial charge in [0.15, 0.2) is 0 Å². The number of rotatable bonds is 5. The van der Waals surface area contributed by atoms with Gasteiger partial charge >= 0.3 is 0 Å². The Bertz CT molecular complexity index is 841. The first kappa shape index (κ1) is 19.0. The smallest absolute Gasteiger partial charge is 0.224 e. The van der Waals surface area contributed by atoms with Gasteiger partial charge in [-0.2, -0.15) is 0 Å². The van der Waals surface area contributed by atoms with E-state index in [2.05, 4.69) is 4.99 Å². The topological polar surface area (TPSA) is 67.9 Å². The van der Waals surface area contributed by atoms with Crippen molar-refractivity contribution in [2.75, 3.05) is 4.90 Å². The first-order chi connectivity index (χ1) is 13.5. The van der Waals surface area contributed by atoms with E-state index in [0.717, 1.165) is 44.1 Å². The molecule has 0 saturated heterocycles. The third-order valence-corrected chi connectivity index (χ3v) is 5.93. The summed E-state index contributed by atoms with van der Waals surface area (Å²) in [5.74, 6) is 0.102. The molecule has 28 heavy (non-hydrogen) atoms. The van der Waals surface area contributed by atoms with Crippen LogP contribution in [0.3, 0.4) is 0 Å². The summed E-state index contributed by atoms with van der Waals surface area (Å²) in [6.07, 6.45) is 10.1. The van der Waals surface area contributed by atoms with Gasteiger partial charge in [-0.15, -0.1) is 0 Å². The van der Waals surface area contributed by atoms with Crippen LogP contribution in [0.5, 0.6) is 5.75 Å². The molecule has 1 unspecified atom stereocenters. The quantitative estimate of drug-likeness (QED) is 0.780. The Morgan fingerprint density at radius 2 is 2.07 bits per heavy atom. The molecule has 1 aliphatic heterocycles. The van der Waals surface area contributed by atoms with E-state index >= 15 is 4.39 Å². The van der Waals surface area contributed by atoms with Crippen molar-refractivity contribution in [3.8, 4) is 5.75 Å². The highest BCUT2D eigenvalue weighted by Gasteiger charge is 2.34. The monoisotopic (exact) mass is 385 g/mol. The Balaban J connectivity index is 1.83. The zero-order valence-corrected chi connectivity index (χ0v) is 16.6. The zero-order chi connectivity index (χ0) is 19.8. The molecule has 1 aromatic carbocycles. The minimum Gasteiger partial charge on any atom is -0.489 e. The van der Waals surface area contributed by atoms with Crippen molar-refractivity contribution in [2.24, 2.45) is 10.7 Å². The average molecular weight is 385 g/mol. The van der Waals surface area contributed by atoms with Crippen molar-refractivity contribution in [3.63, 3.8) is 0 Å². The Hall–Kier alpha value is -2.37. The molecule has 3 aliphatic rings. The number of hydrogen-bond acceptors (Lipinski definition) is 4. The minimum atomic E-state index is -0.410. The van der Waals surface area contributed by atoms with Crippen LogP contribution in [0, 0.1) is 5.82 Å². The summed E-state index contributed by atoms with van der Waals surface area (Å²) in [6, 6.07) is 1.77. The highest BCUT2D eigenvalue weighted by Crippen LogP contribution is 2.44. The molecule has 2 N–H and O–H groups in total. The average Bonchev–Trinajstić information content (AvgIpc) is 3.44. The standard InChI is InChI=1S/C22H28FN3O2/c1-13-6-9-18-21(26(13)14(2)27)20(23)10-19(22(18)28-17-4-3-5-17)15(11-24)12-25-16-7-8-16/h10-13,16-17H,3-9,24H2,1-2H3. The molecule has 1 atom stereocenters. The predicted octanol–water partition coefficient (Wildman–Crippen LogP) is 3.98. The van der Waals surface area contributed by atoms with E-state index in [1.165, 1.54) is 19.2 Å². The second kappa shape index (κ2) is 7.57. The van der Waals surface area contributed by atoms with E-state index < -0.39 is 5.82 Å². The fraction of sp³-hybridized carbons (Fsp3) is 0.545. The fourth-order valence-electron chi connectivity index (χ4n) is 3.95. The van der Waals surface area contributed by atoms with Gasteiger partial charge < -0.3 is 15.4 Å². The number of anilines is 1. The molecule has 6 heteroatoms. The van der Waals surface area contributed by atoms with Crippen LogP contribution in [0.1, 0.15) is 63.5 Å². The summed E-state index contributed by atoms with van der Waals surface area (Å²) in [4.78, 5) is 18.3. The molecular weight excluding hydrogens is 357 g/mol. The minimum absolute atomic E-state index is 0.0390. The molecule has 1 aromatic rings. The second-order valence-electron chi connectivity index (χ2n) is 8.14. The normalized spacial score (nSPS) is 22.9. The first-order valence-electron chi connectivity index (χ1n) is 10.3. The van der Waals surface area contributed by atoms with E-state index in [1.807, 2.05) is 6.92 Å². The van der Waals surface area contributed by atoms with Gasteiger partial charge in [-0.05, 0) is 57.9 Å². The number of hydrogen-bond donors (Lipinski definition) is 1. The van der Waals surface area contributed by atoms with Crippen LogP contribution >= 0.6 is 0 Å². The summed E-state index contributed by atoms with van der Waals surface area (Å²) in [6.45, 7) is 3.44. The van der Waals surface area contributed by atoms with E-state index in [1.54, 1.807) is 11.1 Å². The molecule has 2 fully saturated rings. The molecule has 2 aliphatic carbocycles. The van der Waals surface area contributed by atoms with Crippen LogP contribution in [0.15, 0.2) is 17.3 Å². The van der Waals surface area contributed by atoms with Crippen LogP contribution in [0.4, 0.5) is 10.1 Å². The number of carbonyl (C=O) groups excluding carboxylic acids is 1. The van der Waals surface area contributed by atoms with Gasteiger partial charge in [0.2, 0.25) is 5.91 Å². The third kappa shape index (κ3) is 3.52. The summed E-state index contributed by atoms with van der Waals surface area (Å²) >= 11 is 0. The third-order valence-electron chi connectivity index (χ3n) is 5.93. The van der Waals surface area contributed by atoms with Crippen molar-refractivity contribution >= 4 is 23.4 Å². The molecule has 0 aromatic heterocycles. The number of halogens is 1. The van der Waals surface area contributed by atoms with Crippen molar-refractivity contribution in [1.29, 1.82) is 0 Å². The summed E-state index contributed by atoms with van der Waals surface area (Å²) < 4.78 is 21.6. The van der Waals surface area contributed by atoms with Crippen LogP contribution in [0.2, 0.25) is 0 Å². The lowest BCUT2D eigenvalue weighted by Gasteiger charge is -2.37. The Morgan fingerprint density at radius 3 is 2.64 bits per heavy atom. The van der Waals surface area contributed by atoms with E-state index in [9.17, 15) is 4.79 Å². The van der Waals surface area contributed by atoms with Gasteiger partial charge in [0, 0.05) is 42.1 Å². The van der Waals surface area contributed by atoms with Gasteiger partial charge in [0.1, 0.15) is 11.6 Å². The number of fused-ring (bicyclic) bond motifs is 1. The summed E-state index contributed by atoms with van der Waals surface area (Å²) in [5, 5.41) is 0. The molecule has 5 nitrogen and oxygen atoms in total. The molecule has 150 valence electrons. The number of amides is 1. The Kier molecular flexibility index (Phi) is 5.13. The molecule has 0 spiro atoms.